The highest BCUT2D eigenvalue weighted by Crippen LogP contribution is 2.38. The van der Waals surface area contributed by atoms with Crippen molar-refractivity contribution in [3.05, 3.63) is 36.0 Å². The Hall–Kier alpha value is -2.96. The van der Waals surface area contributed by atoms with Crippen LogP contribution in [0.25, 0.3) is 0 Å². The standard InChI is InChI=1S/C21H29N3O4/c1-6-10-24(11-7-2)16-8-9-19(22-14-16)23-21(25)15-12-17(26-3)20(28-5)18(13-15)27-4/h8-9,12-14H,6-7,10-11H2,1-5H3,(H,22,23,25). The van der Waals surface area contributed by atoms with Gasteiger partial charge in [-0.15, -0.1) is 0 Å². The lowest BCUT2D eigenvalue weighted by Crippen LogP contribution is -2.25. The van der Waals surface area contributed by atoms with Gasteiger partial charge >= 0.3 is 0 Å². The maximum Gasteiger partial charge on any atom is 0.257 e. The van der Waals surface area contributed by atoms with Crippen molar-refractivity contribution in [2.75, 3.05) is 44.6 Å². The van der Waals surface area contributed by atoms with Gasteiger partial charge in [0, 0.05) is 18.7 Å². The number of hydrogen-bond donors (Lipinski definition) is 1. The number of nitrogens with one attached hydrogen (secondary N) is 1. The first-order valence-electron chi connectivity index (χ1n) is 9.40. The molecule has 1 heterocycles. The number of rotatable bonds is 10. The summed E-state index contributed by atoms with van der Waals surface area (Å²) in [6.45, 7) is 6.27. The van der Waals surface area contributed by atoms with E-state index in [-0.39, 0.29) is 5.91 Å². The molecule has 0 saturated carbocycles. The number of aromatic nitrogens is 1. The predicted octanol–water partition coefficient (Wildman–Crippen LogP) is 3.99. The van der Waals surface area contributed by atoms with Gasteiger partial charge in [0.15, 0.2) is 11.5 Å². The van der Waals surface area contributed by atoms with E-state index in [1.807, 2.05) is 12.1 Å². The average Bonchev–Trinajstić information content (AvgIpc) is 2.72. The van der Waals surface area contributed by atoms with Crippen LogP contribution in [0.2, 0.25) is 0 Å². The number of hydrogen-bond acceptors (Lipinski definition) is 6. The van der Waals surface area contributed by atoms with E-state index in [2.05, 4.69) is 29.0 Å². The monoisotopic (exact) mass is 387 g/mol. The summed E-state index contributed by atoms with van der Waals surface area (Å²) in [6.07, 6.45) is 3.93. The van der Waals surface area contributed by atoms with Gasteiger partial charge in [-0.3, -0.25) is 4.79 Å². The molecule has 7 nitrogen and oxygen atoms in total. The first-order valence-corrected chi connectivity index (χ1v) is 9.40. The highest BCUT2D eigenvalue weighted by molar-refractivity contribution is 6.04. The van der Waals surface area contributed by atoms with Crippen LogP contribution in [0.4, 0.5) is 11.5 Å². The van der Waals surface area contributed by atoms with Crippen LogP contribution in [0.3, 0.4) is 0 Å². The fourth-order valence-corrected chi connectivity index (χ4v) is 2.96. The van der Waals surface area contributed by atoms with E-state index in [1.165, 1.54) is 21.3 Å². The maximum absolute atomic E-state index is 12.7. The van der Waals surface area contributed by atoms with Crippen molar-refractivity contribution in [1.82, 2.24) is 4.98 Å². The number of benzene rings is 1. The van der Waals surface area contributed by atoms with Crippen molar-refractivity contribution in [2.45, 2.75) is 26.7 Å². The Bertz CT molecular complexity index is 747. The normalized spacial score (nSPS) is 10.3. The molecular weight excluding hydrogens is 358 g/mol. The molecule has 2 aromatic rings. The van der Waals surface area contributed by atoms with Gasteiger partial charge < -0.3 is 24.4 Å². The molecule has 1 aromatic heterocycles. The molecule has 0 radical (unpaired) electrons. The summed E-state index contributed by atoms with van der Waals surface area (Å²) in [7, 11) is 4.54. The molecule has 7 heteroatoms. The van der Waals surface area contributed by atoms with Gasteiger partial charge in [-0.2, -0.15) is 0 Å². The van der Waals surface area contributed by atoms with Gasteiger partial charge in [-0.1, -0.05) is 13.8 Å². The number of amides is 1. The zero-order chi connectivity index (χ0) is 20.5. The summed E-state index contributed by atoms with van der Waals surface area (Å²) in [6, 6.07) is 7.00. The van der Waals surface area contributed by atoms with E-state index in [1.54, 1.807) is 18.3 Å². The zero-order valence-corrected chi connectivity index (χ0v) is 17.2. The Morgan fingerprint density at radius 2 is 1.61 bits per heavy atom. The summed E-state index contributed by atoms with van der Waals surface area (Å²) in [5, 5.41) is 2.81. The third-order valence-corrected chi connectivity index (χ3v) is 4.27. The van der Waals surface area contributed by atoms with Crippen LogP contribution in [0, 0.1) is 0 Å². The average molecular weight is 387 g/mol. The molecule has 28 heavy (non-hydrogen) atoms. The minimum atomic E-state index is -0.307. The third kappa shape index (κ3) is 5.06. The molecular formula is C21H29N3O4. The number of carbonyl (C=O) groups is 1. The number of anilines is 2. The van der Waals surface area contributed by atoms with Gasteiger partial charge in [0.1, 0.15) is 5.82 Å². The summed E-state index contributed by atoms with van der Waals surface area (Å²) in [5.41, 5.74) is 1.44. The van der Waals surface area contributed by atoms with Crippen molar-refractivity contribution in [2.24, 2.45) is 0 Å². The highest BCUT2D eigenvalue weighted by atomic mass is 16.5. The van der Waals surface area contributed by atoms with E-state index >= 15 is 0 Å². The molecule has 0 saturated heterocycles. The first kappa shape index (κ1) is 21.3. The smallest absolute Gasteiger partial charge is 0.257 e. The van der Waals surface area contributed by atoms with Crippen molar-refractivity contribution in [3.8, 4) is 17.2 Å². The van der Waals surface area contributed by atoms with Crippen molar-refractivity contribution < 1.29 is 19.0 Å². The summed E-state index contributed by atoms with van der Waals surface area (Å²) in [5.74, 6) is 1.46. The Morgan fingerprint density at radius 1 is 1.00 bits per heavy atom. The zero-order valence-electron chi connectivity index (χ0n) is 17.2. The fourth-order valence-electron chi connectivity index (χ4n) is 2.96. The van der Waals surface area contributed by atoms with Crippen LogP contribution in [0.5, 0.6) is 17.2 Å². The minimum Gasteiger partial charge on any atom is -0.493 e. The SMILES string of the molecule is CCCN(CCC)c1ccc(NC(=O)c2cc(OC)c(OC)c(OC)c2)nc1. The Balaban J connectivity index is 2.18. The van der Waals surface area contributed by atoms with Crippen LogP contribution < -0.4 is 24.4 Å². The van der Waals surface area contributed by atoms with E-state index < -0.39 is 0 Å². The van der Waals surface area contributed by atoms with E-state index in [9.17, 15) is 4.79 Å². The molecule has 0 fully saturated rings. The Labute approximate surface area is 166 Å². The number of pyridine rings is 1. The Kier molecular flexibility index (Phi) is 7.92. The molecule has 0 spiro atoms. The fraction of sp³-hybridized carbons (Fsp3) is 0.429. The van der Waals surface area contributed by atoms with Crippen LogP contribution in [-0.4, -0.2) is 45.3 Å². The highest BCUT2D eigenvalue weighted by Gasteiger charge is 2.17. The van der Waals surface area contributed by atoms with E-state index in [4.69, 9.17) is 14.2 Å². The maximum atomic E-state index is 12.7. The minimum absolute atomic E-state index is 0.307. The number of ether oxygens (including phenoxy) is 3. The molecule has 0 aliphatic carbocycles. The van der Waals surface area contributed by atoms with Crippen LogP contribution in [0.1, 0.15) is 37.0 Å². The molecule has 0 unspecified atom stereocenters. The van der Waals surface area contributed by atoms with Gasteiger partial charge in [0.25, 0.3) is 5.91 Å². The van der Waals surface area contributed by atoms with Gasteiger partial charge in [0.2, 0.25) is 5.75 Å². The topological polar surface area (TPSA) is 72.9 Å². The van der Waals surface area contributed by atoms with Crippen molar-refractivity contribution >= 4 is 17.4 Å². The van der Waals surface area contributed by atoms with Crippen molar-refractivity contribution in [1.29, 1.82) is 0 Å². The predicted molar refractivity (Wildman–Crippen MR) is 111 cm³/mol. The summed E-state index contributed by atoms with van der Waals surface area (Å²) >= 11 is 0. The lowest BCUT2D eigenvalue weighted by Gasteiger charge is -2.23. The second kappa shape index (κ2) is 10.4. The lowest BCUT2D eigenvalue weighted by molar-refractivity contribution is 0.102. The second-order valence-corrected chi connectivity index (χ2v) is 6.26. The molecule has 0 aliphatic heterocycles. The third-order valence-electron chi connectivity index (χ3n) is 4.27. The summed E-state index contributed by atoms with van der Waals surface area (Å²) < 4.78 is 15.9. The van der Waals surface area contributed by atoms with Crippen LogP contribution in [0.15, 0.2) is 30.5 Å². The molecule has 0 aliphatic rings. The molecule has 152 valence electrons. The van der Waals surface area contributed by atoms with E-state index in [0.29, 0.717) is 28.6 Å². The quantitative estimate of drug-likeness (QED) is 0.665. The van der Waals surface area contributed by atoms with Gasteiger partial charge in [-0.05, 0) is 37.1 Å². The van der Waals surface area contributed by atoms with Crippen molar-refractivity contribution in [3.63, 3.8) is 0 Å². The Morgan fingerprint density at radius 3 is 2.04 bits per heavy atom. The lowest BCUT2D eigenvalue weighted by atomic mass is 10.1. The largest absolute Gasteiger partial charge is 0.493 e. The number of carbonyl (C=O) groups excluding carboxylic acids is 1. The van der Waals surface area contributed by atoms with Gasteiger partial charge in [0.05, 0.1) is 33.2 Å². The van der Waals surface area contributed by atoms with E-state index in [0.717, 1.165) is 31.6 Å². The van der Waals surface area contributed by atoms with Crippen LogP contribution in [-0.2, 0) is 0 Å². The van der Waals surface area contributed by atoms with Crippen LogP contribution >= 0.6 is 0 Å². The first-order chi connectivity index (χ1) is 13.6. The second-order valence-electron chi connectivity index (χ2n) is 6.26. The number of nitrogens with zero attached hydrogens (tertiary/aromatic N) is 2. The van der Waals surface area contributed by atoms with Gasteiger partial charge in [-0.25, -0.2) is 4.98 Å². The molecule has 0 atom stereocenters. The molecule has 1 amide bonds. The molecule has 1 aromatic carbocycles. The molecule has 0 bridgehead atoms. The molecule has 1 N–H and O–H groups in total. The summed E-state index contributed by atoms with van der Waals surface area (Å²) in [4.78, 5) is 19.3. The molecule has 2 rings (SSSR count). The number of methoxy groups -OCH3 is 3.